The molecule has 11 heavy (non-hydrogen) atoms. The number of unbranched alkanes of at least 4 members (excludes halogenated alkanes) is 2. The van der Waals surface area contributed by atoms with Crippen molar-refractivity contribution in [2.24, 2.45) is 0 Å². The Morgan fingerprint density at radius 1 is 1.45 bits per heavy atom. The van der Waals surface area contributed by atoms with Gasteiger partial charge >= 0.3 is 47.3 Å². The summed E-state index contributed by atoms with van der Waals surface area (Å²) < 4.78 is 0. The molecule has 0 unspecified atom stereocenters. The van der Waals surface area contributed by atoms with E-state index < -0.39 is 5.97 Å². The minimum atomic E-state index is -0.833. The van der Waals surface area contributed by atoms with E-state index >= 15 is 0 Å². The molecule has 0 saturated carbocycles. The van der Waals surface area contributed by atoms with Crippen molar-refractivity contribution >= 4 is 5.97 Å². The molecule has 0 aromatic carbocycles. The van der Waals surface area contributed by atoms with Crippen molar-refractivity contribution in [1.29, 1.82) is 0 Å². The summed E-state index contributed by atoms with van der Waals surface area (Å²) in [5.41, 5.74) is 0. The van der Waals surface area contributed by atoms with E-state index in [4.69, 9.17) is 9.90 Å². The van der Waals surface area contributed by atoms with Crippen LogP contribution in [0.4, 0.5) is 0 Å². The second kappa shape index (κ2) is 16.5. The summed E-state index contributed by atoms with van der Waals surface area (Å²) in [5, 5.41) is 8.46. The summed E-state index contributed by atoms with van der Waals surface area (Å²) >= 11 is 4.10. The van der Waals surface area contributed by atoms with E-state index in [0.29, 0.717) is 0 Å². The Hall–Kier alpha value is -0.0635. The van der Waals surface area contributed by atoms with Gasteiger partial charge in [0.05, 0.1) is 0 Å². The quantitative estimate of drug-likeness (QED) is 0.698. The third kappa shape index (κ3) is 72.6. The summed E-state index contributed by atoms with van der Waals surface area (Å²) in [6.07, 6.45) is 3.91. The molecule has 0 bridgehead atoms. The Kier molecular flexibility index (Phi) is 25.7. The Morgan fingerprint density at radius 2 is 1.82 bits per heavy atom. The fourth-order valence-electron chi connectivity index (χ4n) is 0.333. The Morgan fingerprint density at radius 3 is 1.91 bits per heavy atom. The molecule has 0 rings (SSSR count). The number of aliphatic carboxylic acids is 1. The van der Waals surface area contributed by atoms with Gasteiger partial charge in [-0.25, -0.2) is 0 Å². The second-order valence-corrected chi connectivity index (χ2v) is 2.41. The monoisotopic (exact) mass is 207 g/mol. The molecule has 0 aromatic rings. The van der Waals surface area contributed by atoms with E-state index in [0.717, 1.165) is 12.3 Å². The molecule has 0 heterocycles. The molecule has 0 aromatic heterocycles. The third-order valence-electron chi connectivity index (χ3n) is 0.721. The van der Waals surface area contributed by atoms with Crippen LogP contribution in [0, 0.1) is 0 Å². The van der Waals surface area contributed by atoms with E-state index in [1.165, 1.54) is 19.3 Å². The van der Waals surface area contributed by atoms with Gasteiger partial charge in [0.25, 0.3) is 5.97 Å². The van der Waals surface area contributed by atoms with Crippen molar-refractivity contribution in [3.05, 3.63) is 0 Å². The number of rotatable bonds is 3. The summed E-state index contributed by atoms with van der Waals surface area (Å²) in [6, 6.07) is 0. The first-order chi connectivity index (χ1) is 4.65. The molecule has 4 heteroatoms. The summed E-state index contributed by atoms with van der Waals surface area (Å²) in [6.45, 7) is 3.28. The average molecular weight is 207 g/mol. The molecular weight excluding hydrogens is 189 g/mol. The van der Waals surface area contributed by atoms with Gasteiger partial charge in [-0.15, -0.1) is 0 Å². The normalized spacial score (nSPS) is 7.27. The maximum atomic E-state index is 9.00. The van der Waals surface area contributed by atoms with Gasteiger partial charge in [0, 0.05) is 6.92 Å². The van der Waals surface area contributed by atoms with Crippen LogP contribution in [0.1, 0.15) is 33.1 Å². The van der Waals surface area contributed by atoms with Crippen LogP contribution in [-0.2, 0) is 20.5 Å². The average Bonchev–Trinajstić information content (AvgIpc) is 1.82. The molecule has 0 amide bonds. The van der Waals surface area contributed by atoms with Gasteiger partial charge in [-0.1, -0.05) is 0 Å². The minimum Gasteiger partial charge on any atom is -0.344 e. The van der Waals surface area contributed by atoms with Gasteiger partial charge in [-0.3, -0.25) is 4.79 Å². The van der Waals surface area contributed by atoms with Crippen LogP contribution in [0.15, 0.2) is 0 Å². The topological polar surface area (TPSA) is 72.3 Å². The van der Waals surface area contributed by atoms with Crippen LogP contribution in [-0.4, -0.2) is 11.1 Å². The molecule has 0 radical (unpaired) electrons. The van der Waals surface area contributed by atoms with Crippen LogP contribution in [0.5, 0.6) is 0 Å². The van der Waals surface area contributed by atoms with Gasteiger partial charge in [0.15, 0.2) is 0 Å². The molecule has 0 saturated heterocycles. The minimum absolute atomic E-state index is 0. The standard InChI is InChI=1S/C5H11.C2H4O2.Co.H3N/c1-3-5-4-2;1-2(3)4;;/h1,3-5H2,2H3;1H3,(H,3,4);;1H3. The smallest absolute Gasteiger partial charge is 0.344 e. The Bertz CT molecular complexity index is 70.8. The zero-order valence-electron chi connectivity index (χ0n) is 7.22. The largest absolute Gasteiger partial charge is 0.344 e. The van der Waals surface area contributed by atoms with E-state index in [1.54, 1.807) is 0 Å². The van der Waals surface area contributed by atoms with E-state index in [9.17, 15) is 0 Å². The molecule has 0 aliphatic heterocycles. The summed E-state index contributed by atoms with van der Waals surface area (Å²) in [5.74, 6) is -0.833. The molecule has 4 N–H and O–H groups in total. The molecule has 3 nitrogen and oxygen atoms in total. The van der Waals surface area contributed by atoms with Crippen molar-refractivity contribution < 1.29 is 25.6 Å². The maximum Gasteiger partial charge on any atom is -0.344 e. The van der Waals surface area contributed by atoms with E-state index in [2.05, 4.69) is 22.7 Å². The van der Waals surface area contributed by atoms with Crippen molar-refractivity contribution in [3.63, 3.8) is 0 Å². The van der Waals surface area contributed by atoms with Gasteiger partial charge in [-0.2, -0.15) is 0 Å². The van der Waals surface area contributed by atoms with Crippen LogP contribution >= 0.6 is 0 Å². The molecule has 0 atom stereocenters. The van der Waals surface area contributed by atoms with Crippen LogP contribution in [0.2, 0.25) is 5.36 Å². The van der Waals surface area contributed by atoms with Gasteiger partial charge in [-0.05, 0) is 0 Å². The predicted molar refractivity (Wildman–Crippen MR) is 42.7 cm³/mol. The number of carbonyl (C=O) groups is 1. The Labute approximate surface area is 76.7 Å². The van der Waals surface area contributed by atoms with E-state index in [-0.39, 0.29) is 6.15 Å². The number of carboxylic acid groups (broad SMARTS) is 1. The van der Waals surface area contributed by atoms with Crippen LogP contribution in [0.3, 0.4) is 0 Å². The molecule has 0 fully saturated rings. The SMILES string of the molecule is CC(=O)O.CCCC[CH2][Co].N. The molecular formula is C7H18CoNO2. The molecule has 0 aliphatic carbocycles. The van der Waals surface area contributed by atoms with Crippen molar-refractivity contribution in [3.8, 4) is 0 Å². The number of carboxylic acids is 1. The van der Waals surface area contributed by atoms with Gasteiger partial charge < -0.3 is 11.3 Å². The molecule has 0 spiro atoms. The van der Waals surface area contributed by atoms with Crippen molar-refractivity contribution in [2.45, 2.75) is 38.5 Å². The van der Waals surface area contributed by atoms with Crippen LogP contribution in [0.25, 0.3) is 0 Å². The molecule has 72 valence electrons. The summed E-state index contributed by atoms with van der Waals surface area (Å²) in [7, 11) is 0. The maximum absolute atomic E-state index is 9.00. The van der Waals surface area contributed by atoms with Crippen molar-refractivity contribution in [2.75, 3.05) is 0 Å². The zero-order valence-corrected chi connectivity index (χ0v) is 8.27. The first kappa shape index (κ1) is 17.1. The number of hydrogen-bond acceptors (Lipinski definition) is 2. The first-order valence-corrected chi connectivity index (χ1v) is 4.11. The first-order valence-electron chi connectivity index (χ1n) is 3.37. The van der Waals surface area contributed by atoms with E-state index in [1.807, 2.05) is 0 Å². The Balaban J connectivity index is -0.000000114. The van der Waals surface area contributed by atoms with Gasteiger partial charge in [0.2, 0.25) is 0 Å². The van der Waals surface area contributed by atoms with Crippen molar-refractivity contribution in [1.82, 2.24) is 6.15 Å². The van der Waals surface area contributed by atoms with Gasteiger partial charge in [0.1, 0.15) is 0 Å². The van der Waals surface area contributed by atoms with Crippen LogP contribution < -0.4 is 6.15 Å². The second-order valence-electron chi connectivity index (χ2n) is 1.89. The summed E-state index contributed by atoms with van der Waals surface area (Å²) in [4.78, 5) is 9.00. The predicted octanol–water partition coefficient (Wildman–Crippen LogP) is 2.39. The molecule has 0 aliphatic rings. The zero-order chi connectivity index (χ0) is 8.41. The fourth-order valence-corrected chi connectivity index (χ4v) is 0.594. The fraction of sp³-hybridized carbons (Fsp3) is 0.857. The number of hydrogen-bond donors (Lipinski definition) is 2. The third-order valence-corrected chi connectivity index (χ3v) is 1.09.